The summed E-state index contributed by atoms with van der Waals surface area (Å²) in [6.45, 7) is 0.438. The smallest absolute Gasteiger partial charge is 0.269 e. The predicted octanol–water partition coefficient (Wildman–Crippen LogP) is 3.59. The molecule has 6 heteroatoms. The molecule has 0 fully saturated rings. The van der Waals surface area contributed by atoms with Gasteiger partial charge in [-0.2, -0.15) is 0 Å². The van der Waals surface area contributed by atoms with Crippen LogP contribution in [-0.4, -0.2) is 48.4 Å². The molecule has 2 aromatic carbocycles. The van der Waals surface area contributed by atoms with Crippen LogP contribution in [0.3, 0.4) is 0 Å². The largest absolute Gasteiger partial charge is 0.497 e. The maximum atomic E-state index is 13.1. The molecule has 1 heterocycles. The summed E-state index contributed by atoms with van der Waals surface area (Å²) in [6.07, 6.45) is 2.90. The molecule has 0 spiro atoms. The van der Waals surface area contributed by atoms with Crippen LogP contribution in [-0.2, 0) is 6.42 Å². The first-order chi connectivity index (χ1) is 15.1. The average molecular weight is 418 g/mol. The number of nitrogens with zero attached hydrogens (tertiary/aromatic N) is 2. The molecule has 3 aromatic rings. The van der Waals surface area contributed by atoms with E-state index in [1.807, 2.05) is 30.3 Å². The SMILES string of the molecule is COc1ccc(C(=O)N(C)[C@H](CCNC(=O)c2ccccn2)Cc2ccccc2)cc1. The zero-order chi connectivity index (χ0) is 22.1. The molecule has 3 rings (SSSR count). The Morgan fingerprint density at radius 1 is 1.00 bits per heavy atom. The van der Waals surface area contributed by atoms with Gasteiger partial charge in [-0.25, -0.2) is 0 Å². The third-order valence-electron chi connectivity index (χ3n) is 5.18. The van der Waals surface area contributed by atoms with Crippen LogP contribution >= 0.6 is 0 Å². The minimum atomic E-state index is -0.219. The molecule has 1 aromatic heterocycles. The summed E-state index contributed by atoms with van der Waals surface area (Å²) >= 11 is 0. The van der Waals surface area contributed by atoms with Gasteiger partial charge in [0, 0.05) is 31.4 Å². The number of rotatable bonds is 9. The van der Waals surface area contributed by atoms with Crippen LogP contribution in [0.2, 0.25) is 0 Å². The first-order valence-corrected chi connectivity index (χ1v) is 10.2. The molecule has 0 saturated carbocycles. The molecule has 6 nitrogen and oxygen atoms in total. The fraction of sp³-hybridized carbons (Fsp3) is 0.240. The Hall–Kier alpha value is -3.67. The summed E-state index contributed by atoms with van der Waals surface area (Å²) < 4.78 is 5.18. The van der Waals surface area contributed by atoms with Gasteiger partial charge in [-0.15, -0.1) is 0 Å². The van der Waals surface area contributed by atoms with Gasteiger partial charge in [0.25, 0.3) is 11.8 Å². The zero-order valence-corrected chi connectivity index (χ0v) is 17.8. The van der Waals surface area contributed by atoms with E-state index in [1.165, 1.54) is 0 Å². The first-order valence-electron chi connectivity index (χ1n) is 10.2. The van der Waals surface area contributed by atoms with Crippen molar-refractivity contribution in [2.75, 3.05) is 20.7 Å². The van der Waals surface area contributed by atoms with Crippen molar-refractivity contribution < 1.29 is 14.3 Å². The van der Waals surface area contributed by atoms with Gasteiger partial charge in [-0.3, -0.25) is 14.6 Å². The highest BCUT2D eigenvalue weighted by Gasteiger charge is 2.22. The lowest BCUT2D eigenvalue weighted by molar-refractivity contribution is 0.0722. The Kier molecular flexibility index (Phi) is 7.76. The number of ether oxygens (including phenoxy) is 1. The molecular weight excluding hydrogens is 390 g/mol. The lowest BCUT2D eigenvalue weighted by atomic mass is 10.0. The maximum Gasteiger partial charge on any atom is 0.269 e. The van der Waals surface area contributed by atoms with Crippen LogP contribution in [0, 0.1) is 0 Å². The van der Waals surface area contributed by atoms with Crippen molar-refractivity contribution in [1.29, 1.82) is 0 Å². The van der Waals surface area contributed by atoms with Crippen LogP contribution in [0.5, 0.6) is 5.75 Å². The van der Waals surface area contributed by atoms with E-state index in [0.717, 1.165) is 5.56 Å². The number of aromatic nitrogens is 1. The van der Waals surface area contributed by atoms with Crippen LogP contribution in [0.1, 0.15) is 32.8 Å². The first kappa shape index (κ1) is 22.0. The zero-order valence-electron chi connectivity index (χ0n) is 17.8. The number of pyridine rings is 1. The maximum absolute atomic E-state index is 13.1. The number of methoxy groups -OCH3 is 1. The molecule has 0 unspecified atom stereocenters. The van der Waals surface area contributed by atoms with Gasteiger partial charge in [0.15, 0.2) is 0 Å². The normalized spacial score (nSPS) is 11.4. The van der Waals surface area contributed by atoms with Crippen molar-refractivity contribution in [2.24, 2.45) is 0 Å². The topological polar surface area (TPSA) is 71.5 Å². The Labute approximate surface area is 182 Å². The van der Waals surface area contributed by atoms with Crippen LogP contribution in [0.15, 0.2) is 79.0 Å². The Bertz CT molecular complexity index is 976. The van der Waals surface area contributed by atoms with Crippen molar-refractivity contribution in [3.63, 3.8) is 0 Å². The second kappa shape index (κ2) is 10.9. The third kappa shape index (κ3) is 6.15. The second-order valence-corrected chi connectivity index (χ2v) is 7.25. The van der Waals surface area contributed by atoms with Crippen molar-refractivity contribution in [3.8, 4) is 5.75 Å². The van der Waals surface area contributed by atoms with E-state index >= 15 is 0 Å². The van der Waals surface area contributed by atoms with E-state index in [-0.39, 0.29) is 17.9 Å². The van der Waals surface area contributed by atoms with Gasteiger partial charge >= 0.3 is 0 Å². The van der Waals surface area contributed by atoms with E-state index in [2.05, 4.69) is 10.3 Å². The molecule has 1 N–H and O–H groups in total. The van der Waals surface area contributed by atoms with E-state index in [9.17, 15) is 9.59 Å². The molecule has 31 heavy (non-hydrogen) atoms. The molecule has 2 amide bonds. The standard InChI is InChI=1S/C25H27N3O3/c1-28(25(30)20-11-13-22(31-2)14-12-20)21(18-19-8-4-3-5-9-19)15-17-27-24(29)23-10-6-7-16-26-23/h3-14,16,21H,15,17-18H2,1-2H3,(H,27,29)/t21-/m1/s1. The highest BCUT2D eigenvalue weighted by atomic mass is 16.5. The molecule has 0 bridgehead atoms. The lowest BCUT2D eigenvalue weighted by Crippen LogP contribution is -2.41. The summed E-state index contributed by atoms with van der Waals surface area (Å²) in [5.74, 6) is 0.417. The average Bonchev–Trinajstić information content (AvgIpc) is 2.83. The number of likely N-dealkylation sites (N-methyl/N-ethyl adjacent to an activating group) is 1. The summed E-state index contributed by atoms with van der Waals surface area (Å²) in [5, 5.41) is 2.91. The lowest BCUT2D eigenvalue weighted by Gasteiger charge is -2.29. The molecule has 160 valence electrons. The molecule has 0 aliphatic carbocycles. The van der Waals surface area contributed by atoms with E-state index < -0.39 is 0 Å². The second-order valence-electron chi connectivity index (χ2n) is 7.25. The number of nitrogens with one attached hydrogen (secondary N) is 1. The van der Waals surface area contributed by atoms with Gasteiger partial charge < -0.3 is 15.0 Å². The van der Waals surface area contributed by atoms with Crippen LogP contribution < -0.4 is 10.1 Å². The van der Waals surface area contributed by atoms with Gasteiger partial charge in [-0.05, 0) is 54.8 Å². The summed E-state index contributed by atoms with van der Waals surface area (Å²) in [5.41, 5.74) is 2.11. The number of hydrogen-bond donors (Lipinski definition) is 1. The predicted molar refractivity (Wildman–Crippen MR) is 120 cm³/mol. The third-order valence-corrected chi connectivity index (χ3v) is 5.18. The Morgan fingerprint density at radius 2 is 1.71 bits per heavy atom. The Morgan fingerprint density at radius 3 is 2.35 bits per heavy atom. The highest BCUT2D eigenvalue weighted by molar-refractivity contribution is 5.94. The number of amides is 2. The van der Waals surface area contributed by atoms with Crippen molar-refractivity contribution >= 4 is 11.8 Å². The van der Waals surface area contributed by atoms with Crippen molar-refractivity contribution in [1.82, 2.24) is 15.2 Å². The molecule has 0 aliphatic rings. The molecule has 0 saturated heterocycles. The minimum Gasteiger partial charge on any atom is -0.497 e. The van der Waals surface area contributed by atoms with Crippen molar-refractivity contribution in [3.05, 3.63) is 95.8 Å². The Balaban J connectivity index is 1.68. The molecule has 1 atom stereocenters. The molecular formula is C25H27N3O3. The molecule has 0 aliphatic heterocycles. The summed E-state index contributed by atoms with van der Waals surface area (Å²) in [7, 11) is 3.40. The number of carbonyl (C=O) groups is 2. The monoisotopic (exact) mass is 417 g/mol. The molecule has 0 radical (unpaired) electrons. The van der Waals surface area contributed by atoms with E-state index in [0.29, 0.717) is 36.4 Å². The fourth-order valence-electron chi connectivity index (χ4n) is 3.36. The van der Waals surface area contributed by atoms with Gasteiger partial charge in [-0.1, -0.05) is 36.4 Å². The number of benzene rings is 2. The van der Waals surface area contributed by atoms with Crippen LogP contribution in [0.4, 0.5) is 0 Å². The van der Waals surface area contributed by atoms with Crippen LogP contribution in [0.25, 0.3) is 0 Å². The van der Waals surface area contributed by atoms with Gasteiger partial charge in [0.05, 0.1) is 7.11 Å². The minimum absolute atomic E-state index is 0.0698. The van der Waals surface area contributed by atoms with Gasteiger partial charge in [0.2, 0.25) is 0 Å². The summed E-state index contributed by atoms with van der Waals surface area (Å²) in [6, 6.07) is 22.3. The van der Waals surface area contributed by atoms with E-state index in [4.69, 9.17) is 4.74 Å². The number of hydrogen-bond acceptors (Lipinski definition) is 4. The number of carbonyl (C=O) groups excluding carboxylic acids is 2. The highest BCUT2D eigenvalue weighted by Crippen LogP contribution is 2.17. The van der Waals surface area contributed by atoms with Gasteiger partial charge in [0.1, 0.15) is 11.4 Å². The van der Waals surface area contributed by atoms with E-state index in [1.54, 1.807) is 67.7 Å². The quantitative estimate of drug-likeness (QED) is 0.578. The van der Waals surface area contributed by atoms with Crippen molar-refractivity contribution in [2.45, 2.75) is 18.9 Å². The fourth-order valence-corrected chi connectivity index (χ4v) is 3.36. The summed E-state index contributed by atoms with van der Waals surface area (Å²) in [4.78, 5) is 31.2.